The Morgan fingerprint density at radius 3 is 3.14 bits per heavy atom. The van der Waals surface area contributed by atoms with Gasteiger partial charge in [0.05, 0.1) is 6.26 Å². The third kappa shape index (κ3) is 1.17. The summed E-state index contributed by atoms with van der Waals surface area (Å²) in [5.74, 6) is 1.63. The number of nitrogens with zero attached hydrogens (tertiary/aromatic N) is 1. The summed E-state index contributed by atoms with van der Waals surface area (Å²) in [5, 5.41) is 0.666. The number of fused-ring (bicyclic) bond motifs is 2. The fourth-order valence-corrected chi connectivity index (χ4v) is 3.62. The summed E-state index contributed by atoms with van der Waals surface area (Å²) in [5.41, 5.74) is 0. The molecule has 1 aromatic rings. The van der Waals surface area contributed by atoms with Crippen molar-refractivity contribution in [3.05, 3.63) is 24.2 Å². The van der Waals surface area contributed by atoms with E-state index in [9.17, 15) is 4.79 Å². The Kier molecular flexibility index (Phi) is 1.83. The molecule has 3 rings (SSSR count). The number of rotatable bonds is 1. The van der Waals surface area contributed by atoms with Crippen LogP contribution in [0.2, 0.25) is 0 Å². The molecular formula is C10H11NO2S. The van der Waals surface area contributed by atoms with Crippen LogP contribution in [0.5, 0.6) is 0 Å². The molecule has 2 aliphatic heterocycles. The highest BCUT2D eigenvalue weighted by Gasteiger charge is 2.41. The number of hydrogen-bond donors (Lipinski definition) is 0. The van der Waals surface area contributed by atoms with Crippen LogP contribution in [0.1, 0.15) is 17.0 Å². The van der Waals surface area contributed by atoms with E-state index in [-0.39, 0.29) is 5.91 Å². The summed E-state index contributed by atoms with van der Waals surface area (Å²) in [6, 6.07) is 3.94. The van der Waals surface area contributed by atoms with E-state index in [1.165, 1.54) is 0 Å². The van der Waals surface area contributed by atoms with Crippen molar-refractivity contribution < 1.29 is 9.21 Å². The van der Waals surface area contributed by atoms with Crippen molar-refractivity contribution in [2.24, 2.45) is 0 Å². The number of hydrogen-bond acceptors (Lipinski definition) is 3. The molecule has 3 heterocycles. The van der Waals surface area contributed by atoms with Gasteiger partial charge in [0.1, 0.15) is 0 Å². The molecule has 2 fully saturated rings. The maximum absolute atomic E-state index is 11.9. The van der Waals surface area contributed by atoms with Crippen LogP contribution in [-0.2, 0) is 0 Å². The van der Waals surface area contributed by atoms with Crippen molar-refractivity contribution in [3.8, 4) is 0 Å². The molecule has 74 valence electrons. The van der Waals surface area contributed by atoms with Gasteiger partial charge in [0, 0.05) is 23.6 Å². The van der Waals surface area contributed by atoms with E-state index in [0.717, 1.165) is 18.7 Å². The van der Waals surface area contributed by atoms with Gasteiger partial charge in [-0.2, -0.15) is 11.8 Å². The Morgan fingerprint density at radius 2 is 2.57 bits per heavy atom. The Hall–Kier alpha value is -0.900. The van der Waals surface area contributed by atoms with Crippen molar-refractivity contribution in [2.75, 3.05) is 12.3 Å². The van der Waals surface area contributed by atoms with E-state index in [4.69, 9.17) is 4.42 Å². The van der Waals surface area contributed by atoms with Gasteiger partial charge in [-0.3, -0.25) is 4.79 Å². The lowest BCUT2D eigenvalue weighted by molar-refractivity contribution is 0.0715. The zero-order chi connectivity index (χ0) is 9.54. The van der Waals surface area contributed by atoms with Gasteiger partial charge in [-0.15, -0.1) is 0 Å². The molecule has 2 unspecified atom stereocenters. The minimum atomic E-state index is 0.0581. The first kappa shape index (κ1) is 8.41. The quantitative estimate of drug-likeness (QED) is 0.704. The normalized spacial score (nSPS) is 29.9. The Morgan fingerprint density at radius 1 is 1.64 bits per heavy atom. The number of amides is 1. The summed E-state index contributed by atoms with van der Waals surface area (Å²) in [6.45, 7) is 0.898. The molecule has 2 bridgehead atoms. The predicted molar refractivity (Wildman–Crippen MR) is 54.4 cm³/mol. The first-order valence-corrected chi connectivity index (χ1v) is 5.85. The minimum absolute atomic E-state index is 0.0581. The first-order valence-electron chi connectivity index (χ1n) is 4.80. The third-order valence-electron chi connectivity index (χ3n) is 2.89. The van der Waals surface area contributed by atoms with E-state index in [1.807, 2.05) is 16.7 Å². The summed E-state index contributed by atoms with van der Waals surface area (Å²) in [6.07, 6.45) is 2.72. The Balaban J connectivity index is 1.81. The Bertz CT molecular complexity index is 349. The van der Waals surface area contributed by atoms with E-state index in [1.54, 1.807) is 18.4 Å². The molecule has 0 aliphatic carbocycles. The number of carbonyl (C=O) groups excluding carboxylic acids is 1. The van der Waals surface area contributed by atoms with Crippen molar-refractivity contribution in [1.82, 2.24) is 4.90 Å². The number of furan rings is 1. The van der Waals surface area contributed by atoms with Crippen molar-refractivity contribution in [2.45, 2.75) is 17.7 Å². The van der Waals surface area contributed by atoms with E-state index in [2.05, 4.69) is 0 Å². The molecule has 3 nitrogen and oxygen atoms in total. The summed E-state index contributed by atoms with van der Waals surface area (Å²) in [4.78, 5) is 13.9. The topological polar surface area (TPSA) is 33.5 Å². The van der Waals surface area contributed by atoms with Gasteiger partial charge < -0.3 is 9.32 Å². The van der Waals surface area contributed by atoms with Gasteiger partial charge >= 0.3 is 0 Å². The van der Waals surface area contributed by atoms with Crippen molar-refractivity contribution in [3.63, 3.8) is 0 Å². The summed E-state index contributed by atoms with van der Waals surface area (Å²) >= 11 is 1.99. The number of carbonyl (C=O) groups is 1. The zero-order valence-corrected chi connectivity index (χ0v) is 8.50. The van der Waals surface area contributed by atoms with Crippen molar-refractivity contribution in [1.29, 1.82) is 0 Å². The minimum Gasteiger partial charge on any atom is -0.459 e. The van der Waals surface area contributed by atoms with Crippen LogP contribution in [0, 0.1) is 0 Å². The number of thioether (sulfide) groups is 1. The van der Waals surface area contributed by atoms with Gasteiger partial charge in [0.15, 0.2) is 5.76 Å². The predicted octanol–water partition coefficient (Wildman–Crippen LogP) is 1.61. The lowest BCUT2D eigenvalue weighted by Gasteiger charge is -2.25. The maximum Gasteiger partial charge on any atom is 0.289 e. The molecule has 1 aromatic heterocycles. The lowest BCUT2D eigenvalue weighted by atomic mass is 10.2. The van der Waals surface area contributed by atoms with Crippen LogP contribution < -0.4 is 0 Å². The highest BCUT2D eigenvalue weighted by Crippen LogP contribution is 2.37. The molecule has 2 atom stereocenters. The standard InChI is InChI=1S/C10H11NO2S/c12-10(9-2-1-3-13-9)11-5-8-4-7(11)6-14-8/h1-3,7-8H,4-6H2. The highest BCUT2D eigenvalue weighted by molar-refractivity contribution is 8.00. The third-order valence-corrected chi connectivity index (χ3v) is 4.28. The largest absolute Gasteiger partial charge is 0.459 e. The fraction of sp³-hybridized carbons (Fsp3) is 0.500. The smallest absolute Gasteiger partial charge is 0.289 e. The van der Waals surface area contributed by atoms with Crippen LogP contribution in [0.4, 0.5) is 0 Å². The zero-order valence-electron chi connectivity index (χ0n) is 7.68. The SMILES string of the molecule is O=C(c1ccco1)N1CC2CC1CS2. The monoisotopic (exact) mass is 209 g/mol. The molecule has 0 N–H and O–H groups in total. The molecule has 0 radical (unpaired) electrons. The van der Waals surface area contributed by atoms with Gasteiger partial charge in [-0.1, -0.05) is 0 Å². The van der Waals surface area contributed by atoms with Gasteiger partial charge in [0.25, 0.3) is 5.91 Å². The molecule has 2 saturated heterocycles. The highest BCUT2D eigenvalue weighted by atomic mass is 32.2. The molecule has 14 heavy (non-hydrogen) atoms. The van der Waals surface area contributed by atoms with Crippen LogP contribution >= 0.6 is 11.8 Å². The number of likely N-dealkylation sites (tertiary alicyclic amines) is 1. The second-order valence-corrected chi connectivity index (χ2v) is 5.11. The van der Waals surface area contributed by atoms with Crippen molar-refractivity contribution >= 4 is 17.7 Å². The van der Waals surface area contributed by atoms with Gasteiger partial charge in [-0.05, 0) is 18.6 Å². The van der Waals surface area contributed by atoms with E-state index < -0.39 is 0 Å². The molecule has 2 aliphatic rings. The van der Waals surface area contributed by atoms with E-state index in [0.29, 0.717) is 17.1 Å². The van der Waals surface area contributed by atoms with Crippen LogP contribution in [-0.4, -0.2) is 34.4 Å². The molecular weight excluding hydrogens is 198 g/mol. The van der Waals surface area contributed by atoms with Crippen LogP contribution in [0.15, 0.2) is 22.8 Å². The van der Waals surface area contributed by atoms with E-state index >= 15 is 0 Å². The average Bonchev–Trinajstić information content (AvgIpc) is 2.93. The summed E-state index contributed by atoms with van der Waals surface area (Å²) < 4.78 is 5.12. The molecule has 0 aromatic carbocycles. The lowest BCUT2D eigenvalue weighted by Crippen LogP contribution is -2.38. The first-order chi connectivity index (χ1) is 6.84. The second kappa shape index (κ2) is 3.05. The average molecular weight is 209 g/mol. The molecule has 1 amide bonds. The van der Waals surface area contributed by atoms with Gasteiger partial charge in [-0.25, -0.2) is 0 Å². The van der Waals surface area contributed by atoms with Crippen LogP contribution in [0.3, 0.4) is 0 Å². The van der Waals surface area contributed by atoms with Crippen LogP contribution in [0.25, 0.3) is 0 Å². The fourth-order valence-electron chi connectivity index (χ4n) is 2.19. The van der Waals surface area contributed by atoms with Gasteiger partial charge in [0.2, 0.25) is 0 Å². The molecule has 0 spiro atoms. The summed E-state index contributed by atoms with van der Waals surface area (Å²) in [7, 11) is 0. The molecule has 0 saturated carbocycles. The Labute approximate surface area is 86.4 Å². The molecule has 4 heteroatoms. The maximum atomic E-state index is 11.9. The second-order valence-electron chi connectivity index (χ2n) is 3.78.